The van der Waals surface area contributed by atoms with Crippen LogP contribution in [0.4, 0.5) is 0 Å². The molecule has 0 bridgehead atoms. The van der Waals surface area contributed by atoms with Crippen LogP contribution in [0, 0.1) is 11.3 Å². The summed E-state index contributed by atoms with van der Waals surface area (Å²) in [6.45, 7) is 0. The smallest absolute Gasteiger partial charge is 0.130 e. The average molecular weight is 299 g/mol. The minimum absolute atomic E-state index is 0.139. The first kappa shape index (κ1) is 12.1. The maximum absolute atomic E-state index is 9.20. The first-order valence-electron chi connectivity index (χ1n) is 5.69. The van der Waals surface area contributed by atoms with Crippen LogP contribution in [-0.4, -0.2) is 6.04 Å². The van der Waals surface area contributed by atoms with E-state index in [9.17, 15) is 5.26 Å². The molecule has 1 aromatic heterocycles. The van der Waals surface area contributed by atoms with Gasteiger partial charge in [0.25, 0.3) is 0 Å². The van der Waals surface area contributed by atoms with E-state index in [4.69, 9.17) is 0 Å². The van der Waals surface area contributed by atoms with Crippen molar-refractivity contribution < 1.29 is 0 Å². The van der Waals surface area contributed by atoms with Crippen LogP contribution in [0.2, 0.25) is 0 Å². The molecule has 1 aromatic rings. The molecule has 1 aliphatic rings. The highest BCUT2D eigenvalue weighted by molar-refractivity contribution is 9.10. The number of rotatable bonds is 3. The monoisotopic (exact) mass is 298 g/mol. The summed E-state index contributed by atoms with van der Waals surface area (Å²) in [5, 5.41) is 14.7. The fourth-order valence-corrected chi connectivity index (χ4v) is 3.61. The first-order chi connectivity index (χ1) is 7.79. The summed E-state index contributed by atoms with van der Waals surface area (Å²) in [6.07, 6.45) is 6.36. The van der Waals surface area contributed by atoms with Crippen LogP contribution in [0.25, 0.3) is 0 Å². The van der Waals surface area contributed by atoms with Crippen LogP contribution in [0.3, 0.4) is 0 Å². The minimum atomic E-state index is -0.139. The zero-order chi connectivity index (χ0) is 11.4. The van der Waals surface area contributed by atoms with Crippen LogP contribution in [0.15, 0.2) is 15.9 Å². The van der Waals surface area contributed by atoms with Gasteiger partial charge in [-0.2, -0.15) is 5.26 Å². The second kappa shape index (κ2) is 5.81. The fourth-order valence-electron chi connectivity index (χ4n) is 2.17. The second-order valence-electron chi connectivity index (χ2n) is 4.23. The van der Waals surface area contributed by atoms with Gasteiger partial charge in [-0.25, -0.2) is 0 Å². The molecule has 4 heteroatoms. The summed E-state index contributed by atoms with van der Waals surface area (Å²) in [7, 11) is 0. The third-order valence-electron chi connectivity index (χ3n) is 3.01. The third-order valence-corrected chi connectivity index (χ3v) is 4.77. The summed E-state index contributed by atoms with van der Waals surface area (Å²) in [6, 6.07) is 4.78. The van der Waals surface area contributed by atoms with Crippen LogP contribution in [0.5, 0.6) is 0 Å². The maximum Gasteiger partial charge on any atom is 0.130 e. The molecule has 1 aliphatic carbocycles. The number of nitrogens with zero attached hydrogens (tertiary/aromatic N) is 1. The second-order valence-corrected chi connectivity index (χ2v) is 6.09. The molecule has 16 heavy (non-hydrogen) atoms. The summed E-state index contributed by atoms with van der Waals surface area (Å²) >= 11 is 5.07. The van der Waals surface area contributed by atoms with Crippen molar-refractivity contribution in [2.24, 2.45) is 0 Å². The Bertz CT molecular complexity index is 377. The Hall–Kier alpha value is -0.370. The van der Waals surface area contributed by atoms with Gasteiger partial charge in [0.1, 0.15) is 6.04 Å². The lowest BCUT2D eigenvalue weighted by atomic mass is 9.95. The molecule has 0 radical (unpaired) electrons. The van der Waals surface area contributed by atoms with Crippen LogP contribution >= 0.6 is 27.3 Å². The normalized spacial score (nSPS) is 19.2. The van der Waals surface area contributed by atoms with E-state index in [2.05, 4.69) is 27.3 Å². The predicted molar refractivity (Wildman–Crippen MR) is 70.4 cm³/mol. The lowest BCUT2D eigenvalue weighted by molar-refractivity contribution is 0.361. The average Bonchev–Trinajstić information content (AvgIpc) is 2.74. The molecule has 1 heterocycles. The number of thiophene rings is 1. The van der Waals surface area contributed by atoms with Gasteiger partial charge in [0.15, 0.2) is 0 Å². The van der Waals surface area contributed by atoms with Gasteiger partial charge in [-0.15, -0.1) is 11.3 Å². The zero-order valence-electron chi connectivity index (χ0n) is 9.08. The van der Waals surface area contributed by atoms with Crippen molar-refractivity contribution in [1.82, 2.24) is 5.32 Å². The molecule has 1 atom stereocenters. The molecule has 0 aromatic carbocycles. The van der Waals surface area contributed by atoms with Gasteiger partial charge < -0.3 is 0 Å². The predicted octanol–water partition coefficient (Wildman–Crippen LogP) is 4.00. The molecule has 2 rings (SSSR count). The molecule has 2 nitrogen and oxygen atoms in total. The lowest BCUT2D eigenvalue weighted by Gasteiger charge is -2.24. The zero-order valence-corrected chi connectivity index (χ0v) is 11.5. The van der Waals surface area contributed by atoms with E-state index in [0.29, 0.717) is 6.04 Å². The van der Waals surface area contributed by atoms with Crippen molar-refractivity contribution in [3.63, 3.8) is 0 Å². The Morgan fingerprint density at radius 2 is 2.19 bits per heavy atom. The molecule has 1 fully saturated rings. The van der Waals surface area contributed by atoms with Crippen molar-refractivity contribution in [2.75, 3.05) is 0 Å². The molecule has 0 aliphatic heterocycles. The summed E-state index contributed by atoms with van der Waals surface area (Å²) in [5.41, 5.74) is 0. The fraction of sp³-hybridized carbons (Fsp3) is 0.583. The van der Waals surface area contributed by atoms with Crippen molar-refractivity contribution in [3.8, 4) is 6.07 Å². The Labute approximate surface area is 109 Å². The van der Waals surface area contributed by atoms with E-state index < -0.39 is 0 Å². The highest BCUT2D eigenvalue weighted by atomic mass is 79.9. The summed E-state index contributed by atoms with van der Waals surface area (Å²) in [4.78, 5) is 1.11. The number of hydrogen-bond acceptors (Lipinski definition) is 3. The minimum Gasteiger partial charge on any atom is -0.295 e. The van der Waals surface area contributed by atoms with Crippen molar-refractivity contribution in [2.45, 2.75) is 44.2 Å². The van der Waals surface area contributed by atoms with Gasteiger partial charge in [-0.3, -0.25) is 5.32 Å². The van der Waals surface area contributed by atoms with Crippen LogP contribution in [0.1, 0.15) is 43.0 Å². The van der Waals surface area contributed by atoms with Gasteiger partial charge in [0, 0.05) is 20.8 Å². The van der Waals surface area contributed by atoms with Crippen LogP contribution in [-0.2, 0) is 0 Å². The standard InChI is InChI=1S/C12H15BrN2S/c13-9-6-12(16-8-9)11(7-14)15-10-4-2-1-3-5-10/h6,8,10-11,15H,1-5H2. The summed E-state index contributed by atoms with van der Waals surface area (Å²) in [5.74, 6) is 0. The number of nitriles is 1. The lowest BCUT2D eigenvalue weighted by Crippen LogP contribution is -2.33. The number of halogens is 1. The van der Waals surface area contributed by atoms with Gasteiger partial charge in [-0.1, -0.05) is 19.3 Å². The van der Waals surface area contributed by atoms with E-state index in [1.54, 1.807) is 11.3 Å². The highest BCUT2D eigenvalue weighted by Gasteiger charge is 2.19. The molecule has 0 spiro atoms. The van der Waals surface area contributed by atoms with Gasteiger partial charge in [0.2, 0.25) is 0 Å². The Kier molecular flexibility index (Phi) is 4.39. The molecule has 1 unspecified atom stereocenters. The van der Waals surface area contributed by atoms with E-state index in [0.717, 1.165) is 9.35 Å². The molecule has 1 N–H and O–H groups in total. The first-order valence-corrected chi connectivity index (χ1v) is 7.36. The quantitative estimate of drug-likeness (QED) is 0.915. The Balaban J connectivity index is 1.98. The molecular weight excluding hydrogens is 284 g/mol. The summed E-state index contributed by atoms with van der Waals surface area (Å²) < 4.78 is 1.07. The van der Waals surface area contributed by atoms with E-state index in [-0.39, 0.29) is 6.04 Å². The van der Waals surface area contributed by atoms with Gasteiger partial charge in [0.05, 0.1) is 6.07 Å². The van der Waals surface area contributed by atoms with Gasteiger partial charge >= 0.3 is 0 Å². The maximum atomic E-state index is 9.20. The van der Waals surface area contributed by atoms with Crippen LogP contribution < -0.4 is 5.32 Å². The largest absolute Gasteiger partial charge is 0.295 e. The third kappa shape index (κ3) is 3.07. The number of nitrogens with one attached hydrogen (secondary N) is 1. The SMILES string of the molecule is N#CC(NC1CCCCC1)c1cc(Br)cs1. The Morgan fingerprint density at radius 1 is 1.44 bits per heavy atom. The molecule has 0 saturated heterocycles. The molecular formula is C12H15BrN2S. The van der Waals surface area contributed by atoms with Crippen molar-refractivity contribution >= 4 is 27.3 Å². The molecule has 1 saturated carbocycles. The van der Waals surface area contributed by atoms with Gasteiger partial charge in [-0.05, 0) is 34.8 Å². The van der Waals surface area contributed by atoms with E-state index in [1.165, 1.54) is 32.1 Å². The van der Waals surface area contributed by atoms with Crippen molar-refractivity contribution in [3.05, 3.63) is 20.8 Å². The Morgan fingerprint density at radius 3 is 2.75 bits per heavy atom. The van der Waals surface area contributed by atoms with E-state index in [1.807, 2.05) is 11.4 Å². The van der Waals surface area contributed by atoms with Crippen molar-refractivity contribution in [1.29, 1.82) is 5.26 Å². The highest BCUT2D eigenvalue weighted by Crippen LogP contribution is 2.27. The number of hydrogen-bond donors (Lipinski definition) is 1. The topological polar surface area (TPSA) is 35.8 Å². The molecule has 0 amide bonds. The van der Waals surface area contributed by atoms with E-state index >= 15 is 0 Å². The molecule has 86 valence electrons.